The summed E-state index contributed by atoms with van der Waals surface area (Å²) in [5.41, 5.74) is 0.888. The minimum atomic E-state index is -0.544. The maximum absolute atomic E-state index is 12.1. The molecule has 158 valence electrons. The van der Waals surface area contributed by atoms with E-state index in [0.717, 1.165) is 5.56 Å². The van der Waals surface area contributed by atoms with Gasteiger partial charge in [-0.3, -0.25) is 0 Å². The largest absolute Gasteiger partial charge is 0.463 e. The van der Waals surface area contributed by atoms with Gasteiger partial charge in [0.2, 0.25) is 0 Å². The van der Waals surface area contributed by atoms with Crippen molar-refractivity contribution in [1.82, 2.24) is 5.32 Å². The summed E-state index contributed by atoms with van der Waals surface area (Å²) >= 11 is 0. The molecule has 0 bridgehead atoms. The molecule has 0 aliphatic rings. The van der Waals surface area contributed by atoms with Crippen LogP contribution in [0.5, 0.6) is 0 Å². The number of allylic oxidation sites excluding steroid dienone is 1. The number of carbonyl (C=O) groups is 3. The van der Waals surface area contributed by atoms with Gasteiger partial charge in [0.15, 0.2) is 0 Å². The Bertz CT molecular complexity index is 684. The number of hydrogen-bond acceptors (Lipinski definition) is 6. The molecule has 1 aromatic rings. The number of rotatable bonds is 12. The molecule has 0 spiro atoms. The number of benzene rings is 1. The molecule has 0 heterocycles. The van der Waals surface area contributed by atoms with Crippen molar-refractivity contribution >= 4 is 18.0 Å². The van der Waals surface area contributed by atoms with E-state index in [9.17, 15) is 14.4 Å². The first-order valence-corrected chi connectivity index (χ1v) is 9.68. The minimum absolute atomic E-state index is 0.167. The van der Waals surface area contributed by atoms with Crippen LogP contribution in [0.2, 0.25) is 0 Å². The summed E-state index contributed by atoms with van der Waals surface area (Å²) in [5, 5.41) is 2.79. The molecule has 1 unspecified atom stereocenters. The summed E-state index contributed by atoms with van der Waals surface area (Å²) in [6.07, 6.45) is 7.03. The lowest BCUT2D eigenvalue weighted by Gasteiger charge is -2.16. The van der Waals surface area contributed by atoms with E-state index in [0.29, 0.717) is 32.5 Å². The minimum Gasteiger partial charge on any atom is -0.463 e. The van der Waals surface area contributed by atoms with Crippen LogP contribution in [0.1, 0.15) is 38.7 Å². The van der Waals surface area contributed by atoms with E-state index in [-0.39, 0.29) is 12.6 Å². The number of carbonyl (C=O) groups excluding carboxylic acids is 3. The van der Waals surface area contributed by atoms with Crippen LogP contribution in [0, 0.1) is 0 Å². The molecule has 1 amide bonds. The van der Waals surface area contributed by atoms with E-state index in [1.165, 1.54) is 12.2 Å². The summed E-state index contributed by atoms with van der Waals surface area (Å²) < 4.78 is 14.9. The molecule has 7 heteroatoms. The van der Waals surface area contributed by atoms with Gasteiger partial charge in [-0.15, -0.1) is 0 Å². The van der Waals surface area contributed by atoms with Crippen molar-refractivity contribution in [3.8, 4) is 0 Å². The number of nitrogens with one attached hydrogen (secondary N) is 1. The first-order valence-electron chi connectivity index (χ1n) is 9.68. The van der Waals surface area contributed by atoms with Crippen LogP contribution < -0.4 is 5.32 Å². The lowest BCUT2D eigenvalue weighted by atomic mass is 10.1. The molecule has 29 heavy (non-hydrogen) atoms. The fourth-order valence-corrected chi connectivity index (χ4v) is 2.37. The quantitative estimate of drug-likeness (QED) is 0.325. The summed E-state index contributed by atoms with van der Waals surface area (Å²) in [6, 6.07) is 9.10. The van der Waals surface area contributed by atoms with Gasteiger partial charge in [0.25, 0.3) is 0 Å². The van der Waals surface area contributed by atoms with Crippen LogP contribution in [0.25, 0.3) is 0 Å². The number of alkyl carbamates (subject to hydrolysis) is 1. The predicted molar refractivity (Wildman–Crippen MR) is 109 cm³/mol. The molecule has 1 rings (SSSR count). The van der Waals surface area contributed by atoms with Crippen molar-refractivity contribution in [1.29, 1.82) is 0 Å². The molecule has 1 aromatic carbocycles. The van der Waals surface area contributed by atoms with Gasteiger partial charge in [0.05, 0.1) is 13.2 Å². The van der Waals surface area contributed by atoms with Gasteiger partial charge in [0, 0.05) is 18.2 Å². The molecule has 7 nitrogen and oxygen atoms in total. The Kier molecular flexibility index (Phi) is 12.3. The average Bonchev–Trinajstić information content (AvgIpc) is 2.70. The Morgan fingerprint density at radius 1 is 0.931 bits per heavy atom. The number of esters is 2. The standard InChI is InChI=1S/C22H29NO6/c1-3-27-20(24)15-9-8-13-19(14-10-16-21(25)28-4-2)23-22(26)29-17-18-11-6-5-7-12-18/h5-7,9-12,15-16,19H,3-4,8,13-14,17H2,1-2H3,(H,23,26)/b15-9+,16-10+. The summed E-state index contributed by atoms with van der Waals surface area (Å²) in [4.78, 5) is 34.9. The maximum atomic E-state index is 12.1. The molecule has 0 aliphatic carbocycles. The van der Waals surface area contributed by atoms with Gasteiger partial charge in [-0.1, -0.05) is 42.5 Å². The summed E-state index contributed by atoms with van der Waals surface area (Å²) in [5.74, 6) is -0.832. The zero-order valence-corrected chi connectivity index (χ0v) is 17.0. The van der Waals surface area contributed by atoms with Gasteiger partial charge in [0.1, 0.15) is 6.61 Å². The number of hydrogen-bond donors (Lipinski definition) is 1. The summed E-state index contributed by atoms with van der Waals surface area (Å²) in [7, 11) is 0. The zero-order valence-electron chi connectivity index (χ0n) is 17.0. The highest BCUT2D eigenvalue weighted by molar-refractivity contribution is 5.82. The van der Waals surface area contributed by atoms with Crippen LogP contribution in [-0.2, 0) is 30.4 Å². The van der Waals surface area contributed by atoms with E-state index < -0.39 is 18.0 Å². The third-order valence-corrected chi connectivity index (χ3v) is 3.72. The highest BCUT2D eigenvalue weighted by atomic mass is 16.5. The predicted octanol–water partition coefficient (Wildman–Crippen LogP) is 3.69. The number of ether oxygens (including phenoxy) is 3. The first kappa shape index (κ1) is 23.9. The molecule has 0 aromatic heterocycles. The van der Waals surface area contributed by atoms with Crippen molar-refractivity contribution in [2.24, 2.45) is 0 Å². The Labute approximate surface area is 171 Å². The fourth-order valence-electron chi connectivity index (χ4n) is 2.37. The van der Waals surface area contributed by atoms with E-state index in [4.69, 9.17) is 14.2 Å². The van der Waals surface area contributed by atoms with E-state index >= 15 is 0 Å². The lowest BCUT2D eigenvalue weighted by molar-refractivity contribution is -0.138. The monoisotopic (exact) mass is 403 g/mol. The van der Waals surface area contributed by atoms with Crippen LogP contribution in [0.15, 0.2) is 54.6 Å². The van der Waals surface area contributed by atoms with Gasteiger partial charge in [-0.2, -0.15) is 0 Å². The van der Waals surface area contributed by atoms with Crippen molar-refractivity contribution in [3.63, 3.8) is 0 Å². The van der Waals surface area contributed by atoms with Gasteiger partial charge < -0.3 is 19.5 Å². The van der Waals surface area contributed by atoms with Gasteiger partial charge in [-0.25, -0.2) is 14.4 Å². The van der Waals surface area contributed by atoms with E-state index in [2.05, 4.69) is 5.32 Å². The highest BCUT2D eigenvalue weighted by Gasteiger charge is 2.12. The van der Waals surface area contributed by atoms with Gasteiger partial charge >= 0.3 is 18.0 Å². The Morgan fingerprint density at radius 3 is 2.17 bits per heavy atom. The topological polar surface area (TPSA) is 90.9 Å². The lowest BCUT2D eigenvalue weighted by Crippen LogP contribution is -2.34. The van der Waals surface area contributed by atoms with Crippen LogP contribution in [0.3, 0.4) is 0 Å². The second kappa shape index (κ2) is 14.9. The SMILES string of the molecule is CCOC(=O)/C=C/CCC(C/C=C/C(=O)OCC)NC(=O)OCc1ccccc1. The molecule has 0 saturated carbocycles. The molecular weight excluding hydrogens is 374 g/mol. The van der Waals surface area contributed by atoms with Gasteiger partial charge in [-0.05, 0) is 38.7 Å². The van der Waals surface area contributed by atoms with Crippen molar-refractivity contribution in [2.75, 3.05) is 13.2 Å². The zero-order chi connectivity index (χ0) is 21.3. The van der Waals surface area contributed by atoms with Crippen LogP contribution in [0.4, 0.5) is 4.79 Å². The molecule has 1 N–H and O–H groups in total. The summed E-state index contributed by atoms with van der Waals surface area (Å²) in [6.45, 7) is 4.26. The molecule has 0 aliphatic heterocycles. The molecule has 1 atom stereocenters. The highest BCUT2D eigenvalue weighted by Crippen LogP contribution is 2.07. The van der Waals surface area contributed by atoms with Crippen molar-refractivity contribution in [2.45, 2.75) is 45.8 Å². The molecule has 0 radical (unpaired) electrons. The molecule has 0 fully saturated rings. The first-order chi connectivity index (χ1) is 14.0. The van der Waals surface area contributed by atoms with E-state index in [1.807, 2.05) is 30.3 Å². The molecule has 0 saturated heterocycles. The third kappa shape index (κ3) is 12.1. The Balaban J connectivity index is 2.54. The van der Waals surface area contributed by atoms with E-state index in [1.54, 1.807) is 26.0 Å². The second-order valence-corrected chi connectivity index (χ2v) is 6.02. The molecular formula is C22H29NO6. The van der Waals surface area contributed by atoms with Crippen molar-refractivity contribution < 1.29 is 28.6 Å². The van der Waals surface area contributed by atoms with Crippen molar-refractivity contribution in [3.05, 3.63) is 60.2 Å². The average molecular weight is 403 g/mol. The fraction of sp³-hybridized carbons (Fsp3) is 0.409. The normalized spacial score (nSPS) is 11.9. The smallest absolute Gasteiger partial charge is 0.407 e. The van der Waals surface area contributed by atoms with Crippen LogP contribution >= 0.6 is 0 Å². The Morgan fingerprint density at radius 2 is 1.55 bits per heavy atom. The maximum Gasteiger partial charge on any atom is 0.407 e. The van der Waals surface area contributed by atoms with Crippen LogP contribution in [-0.4, -0.2) is 37.3 Å². The number of amides is 1. The third-order valence-electron chi connectivity index (χ3n) is 3.72. The second-order valence-electron chi connectivity index (χ2n) is 6.02. The Hall–Kier alpha value is -3.09.